The zero-order valence-electron chi connectivity index (χ0n) is 9.01. The van der Waals surface area contributed by atoms with Gasteiger partial charge in [0.15, 0.2) is 1.41 Å². The molecule has 0 aromatic heterocycles. The summed E-state index contributed by atoms with van der Waals surface area (Å²) in [5.74, 6) is 0.127. The Hall–Kier alpha value is -2.16. The fraction of sp³-hybridized carbons (Fsp3) is 0. The van der Waals surface area contributed by atoms with Gasteiger partial charge < -0.3 is 10.5 Å². The largest absolute Gasteiger partial charge is 0.505 e. The molecule has 0 unspecified atom stereocenters. The van der Waals surface area contributed by atoms with Crippen LogP contribution in [-0.4, -0.2) is 18.0 Å². The summed E-state index contributed by atoms with van der Waals surface area (Å²) in [6.45, 7) is 3.39. The van der Waals surface area contributed by atoms with Crippen molar-refractivity contribution < 1.29 is 6.52 Å². The minimum absolute atomic E-state index is 0.127. The van der Waals surface area contributed by atoms with E-state index in [-0.39, 0.29) is 5.75 Å². The number of benzene rings is 2. The predicted molar refractivity (Wildman–Crippen MR) is 62.7 cm³/mol. The van der Waals surface area contributed by atoms with Crippen molar-refractivity contribution in [3.05, 3.63) is 35.9 Å². The molecule has 3 nitrogen and oxygen atoms in total. The van der Waals surface area contributed by atoms with Gasteiger partial charge in [0, 0.05) is 11.6 Å². The molecule has 74 valence electrons. The zero-order chi connectivity index (χ0) is 11.5. The number of phenols is 1. The molecule has 2 aromatic rings. The van der Waals surface area contributed by atoms with Crippen molar-refractivity contribution in [1.29, 1.82) is 5.40 Å². The van der Waals surface area contributed by atoms with E-state index in [0.29, 0.717) is 11.1 Å². The maximum atomic E-state index is 9.87. The van der Waals surface area contributed by atoms with Gasteiger partial charge in [-0.25, -0.2) is 0 Å². The van der Waals surface area contributed by atoms with E-state index in [9.17, 15) is 5.11 Å². The fourth-order valence-corrected chi connectivity index (χ4v) is 1.53. The van der Waals surface area contributed by atoms with Crippen molar-refractivity contribution in [3.8, 4) is 5.75 Å². The third kappa shape index (κ3) is 1.48. The van der Waals surface area contributed by atoms with Crippen LogP contribution in [0, 0.1) is 5.40 Å². The first-order valence-electron chi connectivity index (χ1n) is 4.91. The third-order valence-corrected chi connectivity index (χ3v) is 2.31. The number of phenolic OH excluding ortho intramolecular Hbond substituents is 1. The van der Waals surface area contributed by atoms with Crippen molar-refractivity contribution >= 4 is 29.4 Å². The second kappa shape index (κ2) is 3.53. The lowest BCUT2D eigenvalue weighted by atomic mass is 10.1. The van der Waals surface area contributed by atoms with E-state index in [1.165, 1.54) is 6.21 Å². The molecule has 0 spiro atoms. The van der Waals surface area contributed by atoms with Crippen LogP contribution >= 0.6 is 0 Å². The van der Waals surface area contributed by atoms with Gasteiger partial charge in [0.25, 0.3) is 0 Å². The summed E-state index contributed by atoms with van der Waals surface area (Å²) in [7, 11) is 0. The van der Waals surface area contributed by atoms with Crippen LogP contribution < -0.4 is 0 Å². The number of hydrogen-bond acceptors (Lipinski definition) is 3. The summed E-state index contributed by atoms with van der Waals surface area (Å²) >= 11 is 0. The van der Waals surface area contributed by atoms with E-state index >= 15 is 0 Å². The SMILES string of the molecule is [2H]N=Cc1ccc2c(O)c(N=C)ccc2c1. The van der Waals surface area contributed by atoms with Gasteiger partial charge in [0.2, 0.25) is 0 Å². The van der Waals surface area contributed by atoms with Gasteiger partial charge in [-0.1, -0.05) is 12.1 Å². The second-order valence-electron chi connectivity index (χ2n) is 3.20. The topological polar surface area (TPSA) is 56.4 Å². The van der Waals surface area contributed by atoms with Gasteiger partial charge in [-0.2, -0.15) is 0 Å². The average molecular weight is 199 g/mol. The van der Waals surface area contributed by atoms with Gasteiger partial charge >= 0.3 is 0 Å². The molecule has 0 aliphatic heterocycles. The Labute approximate surface area is 88.7 Å². The first kappa shape index (κ1) is 8.17. The van der Waals surface area contributed by atoms with Crippen molar-refractivity contribution in [2.45, 2.75) is 0 Å². The molecule has 0 fully saturated rings. The molecule has 0 saturated carbocycles. The molecular weight excluding hydrogens is 188 g/mol. The lowest BCUT2D eigenvalue weighted by molar-refractivity contribution is 0.483. The van der Waals surface area contributed by atoms with Crippen molar-refractivity contribution in [2.24, 2.45) is 4.99 Å². The molecule has 0 radical (unpaired) electrons. The quantitative estimate of drug-likeness (QED) is 0.718. The fourth-order valence-electron chi connectivity index (χ4n) is 1.53. The average Bonchev–Trinajstić information content (AvgIpc) is 2.30. The molecule has 2 rings (SSSR count). The molecular formula is C12H10N2O. The van der Waals surface area contributed by atoms with Crippen LogP contribution in [0.1, 0.15) is 5.56 Å². The first-order chi connectivity index (χ1) is 7.76. The van der Waals surface area contributed by atoms with Gasteiger partial charge in [0.1, 0.15) is 11.4 Å². The third-order valence-electron chi connectivity index (χ3n) is 2.31. The van der Waals surface area contributed by atoms with Crippen molar-refractivity contribution in [2.75, 3.05) is 0 Å². The Balaban J connectivity index is 2.69. The number of rotatable bonds is 2. The maximum absolute atomic E-state index is 9.87. The Morgan fingerprint density at radius 1 is 1.40 bits per heavy atom. The van der Waals surface area contributed by atoms with Gasteiger partial charge in [0.05, 0.1) is 0 Å². The number of fused-ring (bicyclic) bond motifs is 1. The van der Waals surface area contributed by atoms with Crippen LogP contribution in [0.2, 0.25) is 1.41 Å². The Kier molecular flexibility index (Phi) is 1.93. The lowest BCUT2D eigenvalue weighted by Gasteiger charge is -2.04. The highest BCUT2D eigenvalue weighted by molar-refractivity contribution is 5.96. The molecule has 0 heterocycles. The standard InChI is InChI=1S/C12H10N2O/c1-14-11-5-3-9-6-8(7-13)2-4-10(9)12(11)15/h2-7,13,15H,1H2/i/hD. The molecule has 3 heteroatoms. The minimum Gasteiger partial charge on any atom is -0.505 e. The monoisotopic (exact) mass is 199 g/mol. The van der Waals surface area contributed by atoms with Crippen LogP contribution in [0.5, 0.6) is 5.75 Å². The summed E-state index contributed by atoms with van der Waals surface area (Å²) in [6, 6.07) is 8.95. The van der Waals surface area contributed by atoms with Crippen LogP contribution in [0.25, 0.3) is 10.8 Å². The smallest absolute Gasteiger partial charge is 0.187 e. The molecule has 0 bridgehead atoms. The highest BCUT2D eigenvalue weighted by Crippen LogP contribution is 2.34. The molecule has 0 aliphatic carbocycles. The number of nitrogens with one attached hydrogen (secondary N) is 1. The predicted octanol–water partition coefficient (Wildman–Crippen LogP) is 2.88. The van der Waals surface area contributed by atoms with Crippen LogP contribution in [0.3, 0.4) is 0 Å². The van der Waals surface area contributed by atoms with Crippen LogP contribution in [0.15, 0.2) is 35.3 Å². The highest BCUT2D eigenvalue weighted by atomic mass is 16.3. The van der Waals surface area contributed by atoms with Crippen molar-refractivity contribution in [3.63, 3.8) is 0 Å². The molecule has 0 atom stereocenters. The van der Waals surface area contributed by atoms with Gasteiger partial charge in [-0.3, -0.25) is 4.99 Å². The van der Waals surface area contributed by atoms with Crippen molar-refractivity contribution in [1.82, 2.24) is 0 Å². The van der Waals surface area contributed by atoms with E-state index in [4.69, 9.17) is 1.41 Å². The van der Waals surface area contributed by atoms with Crippen LogP contribution in [0.4, 0.5) is 5.69 Å². The summed E-state index contributed by atoms with van der Waals surface area (Å²) < 4.78 is 6.75. The van der Waals surface area contributed by atoms with E-state index in [1.54, 1.807) is 18.2 Å². The Morgan fingerprint density at radius 2 is 2.27 bits per heavy atom. The summed E-state index contributed by atoms with van der Waals surface area (Å²) in [4.78, 5) is 3.72. The summed E-state index contributed by atoms with van der Waals surface area (Å²) in [5, 5.41) is 14.7. The number of aromatic hydroxyl groups is 1. The van der Waals surface area contributed by atoms with Gasteiger partial charge in [-0.15, -0.1) is 0 Å². The zero-order valence-corrected chi connectivity index (χ0v) is 8.01. The second-order valence-corrected chi connectivity index (χ2v) is 3.20. The minimum atomic E-state index is 0.127. The van der Waals surface area contributed by atoms with E-state index in [2.05, 4.69) is 17.1 Å². The molecule has 0 amide bonds. The van der Waals surface area contributed by atoms with E-state index in [1.807, 2.05) is 12.1 Å². The van der Waals surface area contributed by atoms with Gasteiger partial charge in [-0.05, 0) is 35.9 Å². The lowest BCUT2D eigenvalue weighted by Crippen LogP contribution is -1.81. The number of aliphatic imine (C=N–C) groups is 1. The van der Waals surface area contributed by atoms with E-state index < -0.39 is 0 Å². The summed E-state index contributed by atoms with van der Waals surface area (Å²) in [6.07, 6.45) is 1.44. The molecule has 0 aliphatic rings. The van der Waals surface area contributed by atoms with E-state index in [0.717, 1.165) is 10.9 Å². The van der Waals surface area contributed by atoms with Crippen LogP contribution in [-0.2, 0) is 0 Å². The maximum Gasteiger partial charge on any atom is 0.187 e. The first-order valence-corrected chi connectivity index (χ1v) is 4.46. The molecule has 15 heavy (non-hydrogen) atoms. The number of nitrogens with zero attached hydrogens (tertiary/aromatic N) is 1. The molecule has 2 aromatic carbocycles. The summed E-state index contributed by atoms with van der Waals surface area (Å²) in [5.41, 5.74) is 1.29. The number of hydrogen-bond donors (Lipinski definition) is 2. The normalized spacial score (nSPS) is 11.9. The Morgan fingerprint density at radius 3 is 3.00 bits per heavy atom. The Bertz CT molecular complexity index is 578. The molecule has 2 N–H and O–H groups in total. The molecule has 0 saturated heterocycles. The highest BCUT2D eigenvalue weighted by Gasteiger charge is 2.04.